The predicted octanol–water partition coefficient (Wildman–Crippen LogP) is 5.72. The standard InChI is InChI=1S/C29H33F3N6O/c1-19(36-12-4-3-5-13-36)22-15-24(29(30,31)32)25-17-37(28(39)38(25)16-22)23-11-7-10-21(14-23)26(20-8-6-9-20)27-34-33-18-35(27)2/h7,10-11,14-20,26H,3-6,8-9,12-13H2,1-2H3/t19-,26+/m0/s1. The van der Waals surface area contributed by atoms with Gasteiger partial charge in [-0.1, -0.05) is 25.0 Å². The summed E-state index contributed by atoms with van der Waals surface area (Å²) in [6, 6.07) is 8.53. The van der Waals surface area contributed by atoms with Crippen molar-refractivity contribution in [1.82, 2.24) is 28.6 Å². The van der Waals surface area contributed by atoms with Gasteiger partial charge in [0.15, 0.2) is 0 Å². The van der Waals surface area contributed by atoms with Crippen LogP contribution in [-0.4, -0.2) is 41.7 Å². The van der Waals surface area contributed by atoms with Crippen LogP contribution < -0.4 is 5.69 Å². The molecule has 4 aromatic rings. The molecule has 0 unspecified atom stereocenters. The summed E-state index contributed by atoms with van der Waals surface area (Å²) in [7, 11) is 1.91. The molecule has 7 nitrogen and oxygen atoms in total. The Kier molecular flexibility index (Phi) is 6.61. The fourth-order valence-electron chi connectivity index (χ4n) is 6.21. The zero-order valence-electron chi connectivity index (χ0n) is 22.2. The minimum absolute atomic E-state index is 0.00154. The Hall–Kier alpha value is -3.40. The van der Waals surface area contributed by atoms with Crippen LogP contribution in [0.2, 0.25) is 0 Å². The van der Waals surface area contributed by atoms with E-state index >= 15 is 0 Å². The summed E-state index contributed by atoms with van der Waals surface area (Å²) in [5, 5.41) is 8.43. The van der Waals surface area contributed by atoms with Crippen molar-refractivity contribution in [2.75, 3.05) is 13.1 Å². The van der Waals surface area contributed by atoms with Gasteiger partial charge in [0, 0.05) is 31.4 Å². The van der Waals surface area contributed by atoms with E-state index in [9.17, 15) is 18.0 Å². The molecule has 1 aliphatic heterocycles. The molecule has 2 aliphatic rings. The number of alkyl halides is 3. The first-order valence-electron chi connectivity index (χ1n) is 13.8. The van der Waals surface area contributed by atoms with Gasteiger partial charge in [0.05, 0.1) is 16.8 Å². The van der Waals surface area contributed by atoms with Crippen molar-refractivity contribution in [2.24, 2.45) is 13.0 Å². The lowest BCUT2D eigenvalue weighted by atomic mass is 9.72. The topological polar surface area (TPSA) is 60.4 Å². The molecule has 0 bridgehead atoms. The number of hydrogen-bond donors (Lipinski definition) is 0. The minimum atomic E-state index is -4.59. The molecular weight excluding hydrogens is 505 g/mol. The number of pyridine rings is 1. The minimum Gasteiger partial charge on any atom is -0.320 e. The number of nitrogens with zero attached hydrogens (tertiary/aromatic N) is 6. The first-order chi connectivity index (χ1) is 18.7. The molecule has 10 heteroatoms. The van der Waals surface area contributed by atoms with Crippen molar-refractivity contribution in [3.8, 4) is 5.69 Å². The van der Waals surface area contributed by atoms with Crippen LogP contribution in [0, 0.1) is 5.92 Å². The van der Waals surface area contributed by atoms with E-state index in [4.69, 9.17) is 0 Å². The van der Waals surface area contributed by atoms with Crippen molar-refractivity contribution < 1.29 is 13.2 Å². The summed E-state index contributed by atoms with van der Waals surface area (Å²) in [6.07, 6.45) is 6.49. The number of benzene rings is 1. The number of rotatable bonds is 6. The maximum atomic E-state index is 14.3. The molecule has 1 saturated heterocycles. The van der Waals surface area contributed by atoms with Gasteiger partial charge in [-0.25, -0.2) is 4.79 Å². The van der Waals surface area contributed by atoms with E-state index in [-0.39, 0.29) is 17.5 Å². The lowest BCUT2D eigenvalue weighted by Crippen LogP contribution is -2.32. The molecule has 1 aliphatic carbocycles. The van der Waals surface area contributed by atoms with Gasteiger partial charge in [0.25, 0.3) is 0 Å². The second-order valence-electron chi connectivity index (χ2n) is 11.1. The fraction of sp³-hybridized carbons (Fsp3) is 0.483. The van der Waals surface area contributed by atoms with Crippen molar-refractivity contribution in [1.29, 1.82) is 0 Å². The van der Waals surface area contributed by atoms with Crippen LogP contribution in [0.25, 0.3) is 11.2 Å². The van der Waals surface area contributed by atoms with Crippen LogP contribution in [0.1, 0.15) is 79.9 Å². The molecule has 2 fully saturated rings. The molecule has 0 radical (unpaired) electrons. The molecule has 0 N–H and O–H groups in total. The Morgan fingerprint density at radius 1 is 1.00 bits per heavy atom. The van der Waals surface area contributed by atoms with Gasteiger partial charge in [0.1, 0.15) is 12.2 Å². The van der Waals surface area contributed by atoms with E-state index in [2.05, 4.69) is 15.1 Å². The maximum absolute atomic E-state index is 14.3. The number of hydrogen-bond acceptors (Lipinski definition) is 4. The van der Waals surface area contributed by atoms with Crippen molar-refractivity contribution >= 4 is 5.52 Å². The molecule has 3 aromatic heterocycles. The lowest BCUT2D eigenvalue weighted by Gasteiger charge is -2.33. The fourth-order valence-corrected chi connectivity index (χ4v) is 6.21. The predicted molar refractivity (Wildman–Crippen MR) is 142 cm³/mol. The molecular formula is C29H33F3N6O. The molecule has 6 rings (SSSR count). The second-order valence-corrected chi connectivity index (χ2v) is 11.1. The van der Waals surface area contributed by atoms with Gasteiger partial charge >= 0.3 is 11.9 Å². The van der Waals surface area contributed by atoms with Gasteiger partial charge in [-0.3, -0.25) is 13.9 Å². The third kappa shape index (κ3) is 4.68. The Morgan fingerprint density at radius 3 is 2.41 bits per heavy atom. The third-order valence-corrected chi connectivity index (χ3v) is 8.67. The first-order valence-corrected chi connectivity index (χ1v) is 13.8. The number of halogens is 3. The Morgan fingerprint density at radius 2 is 1.77 bits per heavy atom. The molecule has 0 spiro atoms. The molecule has 4 heterocycles. The average Bonchev–Trinajstić information content (AvgIpc) is 3.47. The highest BCUT2D eigenvalue weighted by molar-refractivity contribution is 5.58. The summed E-state index contributed by atoms with van der Waals surface area (Å²) in [5.41, 5.74) is 0.563. The van der Waals surface area contributed by atoms with Crippen LogP contribution in [0.3, 0.4) is 0 Å². The smallest absolute Gasteiger partial charge is 0.320 e. The molecule has 2 atom stereocenters. The SMILES string of the molecule is C[C@@H](c1cc(C(F)(F)F)c2cn(-c3cccc([C@H](c4nncn4C)C4CCC4)c3)c(=O)n2c1)N1CCCCC1. The summed E-state index contributed by atoms with van der Waals surface area (Å²) < 4.78 is 47.3. The Bertz CT molecular complexity index is 1540. The largest absolute Gasteiger partial charge is 0.418 e. The second kappa shape index (κ2) is 9.97. The van der Waals surface area contributed by atoms with Crippen LogP contribution in [0.15, 0.2) is 53.8 Å². The summed E-state index contributed by atoms with van der Waals surface area (Å²) >= 11 is 0. The van der Waals surface area contributed by atoms with Gasteiger partial charge in [-0.15, -0.1) is 10.2 Å². The van der Waals surface area contributed by atoms with E-state index in [1.165, 1.54) is 16.8 Å². The van der Waals surface area contributed by atoms with E-state index in [1.54, 1.807) is 18.6 Å². The highest BCUT2D eigenvalue weighted by Crippen LogP contribution is 2.43. The Balaban J connectivity index is 1.45. The van der Waals surface area contributed by atoms with E-state index in [0.29, 0.717) is 17.2 Å². The van der Waals surface area contributed by atoms with E-state index in [1.807, 2.05) is 36.7 Å². The zero-order chi connectivity index (χ0) is 27.3. The molecule has 206 valence electrons. The molecule has 39 heavy (non-hydrogen) atoms. The summed E-state index contributed by atoms with van der Waals surface area (Å²) in [6.45, 7) is 3.61. The number of likely N-dealkylation sites (tertiary alicyclic amines) is 1. The number of fused-ring (bicyclic) bond motifs is 1. The molecule has 1 saturated carbocycles. The van der Waals surface area contributed by atoms with Crippen molar-refractivity contribution in [3.63, 3.8) is 0 Å². The van der Waals surface area contributed by atoms with Gasteiger partial charge in [-0.2, -0.15) is 13.2 Å². The van der Waals surface area contributed by atoms with Crippen LogP contribution >= 0.6 is 0 Å². The Labute approximate surface area is 224 Å². The monoisotopic (exact) mass is 538 g/mol. The number of imidazole rings is 1. The van der Waals surface area contributed by atoms with E-state index < -0.39 is 17.4 Å². The van der Waals surface area contributed by atoms with Crippen molar-refractivity contribution in [3.05, 3.63) is 82.1 Å². The summed E-state index contributed by atoms with van der Waals surface area (Å²) in [4.78, 5) is 15.8. The lowest BCUT2D eigenvalue weighted by molar-refractivity contribution is -0.136. The summed E-state index contributed by atoms with van der Waals surface area (Å²) in [5.74, 6) is 1.26. The first kappa shape index (κ1) is 25.9. The van der Waals surface area contributed by atoms with Crippen LogP contribution in [0.4, 0.5) is 13.2 Å². The zero-order valence-corrected chi connectivity index (χ0v) is 22.2. The quantitative estimate of drug-likeness (QED) is 0.315. The maximum Gasteiger partial charge on any atom is 0.418 e. The number of piperidine rings is 1. The molecule has 0 amide bonds. The highest BCUT2D eigenvalue weighted by atomic mass is 19.4. The van der Waals surface area contributed by atoms with Gasteiger partial charge in [0.2, 0.25) is 0 Å². The van der Waals surface area contributed by atoms with Gasteiger partial charge in [-0.05, 0) is 80.9 Å². The average molecular weight is 539 g/mol. The highest BCUT2D eigenvalue weighted by Gasteiger charge is 2.36. The van der Waals surface area contributed by atoms with Crippen molar-refractivity contribution in [2.45, 2.75) is 63.6 Å². The number of aryl methyl sites for hydroxylation is 1. The van der Waals surface area contributed by atoms with Gasteiger partial charge < -0.3 is 4.57 Å². The number of aromatic nitrogens is 5. The van der Waals surface area contributed by atoms with Crippen LogP contribution in [0.5, 0.6) is 0 Å². The third-order valence-electron chi connectivity index (χ3n) is 8.67. The van der Waals surface area contributed by atoms with E-state index in [0.717, 1.165) is 67.4 Å². The normalized spacial score (nSPS) is 18.8. The van der Waals surface area contributed by atoms with Crippen LogP contribution in [-0.2, 0) is 13.2 Å². The molecule has 1 aromatic carbocycles.